The molecule has 0 amide bonds. The average molecular weight is 256 g/mol. The van der Waals surface area contributed by atoms with Gasteiger partial charge in [0.2, 0.25) is 0 Å². The van der Waals surface area contributed by atoms with E-state index < -0.39 is 6.10 Å². The molecule has 0 aromatic heterocycles. The highest BCUT2D eigenvalue weighted by molar-refractivity contribution is 5.43. The third-order valence-electron chi connectivity index (χ3n) is 3.36. The van der Waals surface area contributed by atoms with Crippen molar-refractivity contribution in [3.63, 3.8) is 0 Å². The predicted octanol–water partition coefficient (Wildman–Crippen LogP) is 3.65. The van der Waals surface area contributed by atoms with Crippen LogP contribution in [0.25, 0.3) is 0 Å². The quantitative estimate of drug-likeness (QED) is 0.904. The first-order chi connectivity index (χ1) is 9.15. The zero-order valence-corrected chi connectivity index (χ0v) is 11.7. The summed E-state index contributed by atoms with van der Waals surface area (Å²) in [6.45, 7) is 4.12. The van der Waals surface area contributed by atoms with Crippen LogP contribution in [0, 0.1) is 6.92 Å². The van der Waals surface area contributed by atoms with Gasteiger partial charge < -0.3 is 9.84 Å². The predicted molar refractivity (Wildman–Crippen MR) is 77.6 cm³/mol. The van der Waals surface area contributed by atoms with Gasteiger partial charge in [0.25, 0.3) is 0 Å². The second-order valence-corrected chi connectivity index (χ2v) is 4.75. The first-order valence-electron chi connectivity index (χ1n) is 6.57. The average Bonchev–Trinajstić information content (AvgIpc) is 2.46. The number of hydrogen-bond acceptors (Lipinski definition) is 2. The third-order valence-corrected chi connectivity index (χ3v) is 3.36. The molecule has 0 spiro atoms. The molecule has 0 bridgehead atoms. The number of ether oxygens (including phenoxy) is 1. The Hall–Kier alpha value is -1.80. The second kappa shape index (κ2) is 5.89. The topological polar surface area (TPSA) is 29.5 Å². The van der Waals surface area contributed by atoms with Crippen LogP contribution in [0.5, 0.6) is 5.75 Å². The summed E-state index contributed by atoms with van der Waals surface area (Å²) in [7, 11) is 1.63. The van der Waals surface area contributed by atoms with Crippen molar-refractivity contribution in [1.29, 1.82) is 0 Å². The van der Waals surface area contributed by atoms with Crippen molar-refractivity contribution in [3.05, 3.63) is 64.7 Å². The Labute approximate surface area is 114 Å². The molecule has 2 nitrogen and oxygen atoms in total. The monoisotopic (exact) mass is 256 g/mol. The van der Waals surface area contributed by atoms with Gasteiger partial charge in [-0.3, -0.25) is 0 Å². The summed E-state index contributed by atoms with van der Waals surface area (Å²) in [5, 5.41) is 10.5. The summed E-state index contributed by atoms with van der Waals surface area (Å²) in [6, 6.07) is 13.9. The van der Waals surface area contributed by atoms with Gasteiger partial charge >= 0.3 is 0 Å². The van der Waals surface area contributed by atoms with Crippen molar-refractivity contribution in [2.45, 2.75) is 26.4 Å². The Morgan fingerprint density at radius 3 is 2.63 bits per heavy atom. The van der Waals surface area contributed by atoms with Gasteiger partial charge in [-0.2, -0.15) is 0 Å². The van der Waals surface area contributed by atoms with Crippen LogP contribution in [-0.2, 0) is 6.42 Å². The Balaban J connectivity index is 2.40. The van der Waals surface area contributed by atoms with Crippen molar-refractivity contribution in [1.82, 2.24) is 0 Å². The maximum absolute atomic E-state index is 10.5. The number of aryl methyl sites for hydroxylation is 2. The highest BCUT2D eigenvalue weighted by atomic mass is 16.5. The lowest BCUT2D eigenvalue weighted by atomic mass is 9.97. The molecule has 0 saturated carbocycles. The Kier molecular flexibility index (Phi) is 4.23. The molecule has 0 aliphatic heterocycles. The number of aliphatic hydroxyl groups is 1. The van der Waals surface area contributed by atoms with Gasteiger partial charge in [-0.25, -0.2) is 0 Å². The first-order valence-corrected chi connectivity index (χ1v) is 6.57. The van der Waals surface area contributed by atoms with E-state index in [2.05, 4.69) is 13.0 Å². The van der Waals surface area contributed by atoms with Crippen LogP contribution in [0.4, 0.5) is 0 Å². The van der Waals surface area contributed by atoms with Crippen molar-refractivity contribution in [2.24, 2.45) is 0 Å². The number of hydrogen-bond donors (Lipinski definition) is 1. The van der Waals surface area contributed by atoms with E-state index in [4.69, 9.17) is 4.74 Å². The SMILES string of the molecule is CCc1cccc(C(O)c2ccc(C)cc2OC)c1. The van der Waals surface area contributed by atoms with Gasteiger partial charge in [0.1, 0.15) is 11.9 Å². The van der Waals surface area contributed by atoms with Gasteiger partial charge in [0.05, 0.1) is 7.11 Å². The molecular weight excluding hydrogens is 236 g/mol. The summed E-state index contributed by atoms with van der Waals surface area (Å²) < 4.78 is 5.37. The maximum atomic E-state index is 10.5. The van der Waals surface area contributed by atoms with E-state index in [1.165, 1.54) is 5.56 Å². The smallest absolute Gasteiger partial charge is 0.125 e. The molecular formula is C17H20O2. The minimum atomic E-state index is -0.651. The Morgan fingerprint density at radius 1 is 1.16 bits per heavy atom. The van der Waals surface area contributed by atoms with Gasteiger partial charge in [-0.05, 0) is 36.1 Å². The minimum Gasteiger partial charge on any atom is -0.496 e. The van der Waals surface area contributed by atoms with Crippen LogP contribution in [0.3, 0.4) is 0 Å². The van der Waals surface area contributed by atoms with E-state index in [0.29, 0.717) is 0 Å². The van der Waals surface area contributed by atoms with Crippen LogP contribution in [-0.4, -0.2) is 12.2 Å². The normalized spacial score (nSPS) is 12.2. The van der Waals surface area contributed by atoms with E-state index in [1.807, 2.05) is 43.3 Å². The molecule has 2 aromatic carbocycles. The first kappa shape index (κ1) is 13.6. The standard InChI is InChI=1S/C17H20O2/c1-4-13-6-5-7-14(11-13)17(18)15-9-8-12(2)10-16(15)19-3/h5-11,17-18H,4H2,1-3H3. The number of rotatable bonds is 4. The fraction of sp³-hybridized carbons (Fsp3) is 0.294. The molecule has 0 saturated heterocycles. The van der Waals surface area contributed by atoms with Gasteiger partial charge in [-0.15, -0.1) is 0 Å². The van der Waals surface area contributed by atoms with Crippen molar-refractivity contribution < 1.29 is 9.84 Å². The Bertz CT molecular complexity index is 561. The Morgan fingerprint density at radius 2 is 1.95 bits per heavy atom. The lowest BCUT2D eigenvalue weighted by Crippen LogP contribution is -2.03. The van der Waals surface area contributed by atoms with E-state index >= 15 is 0 Å². The molecule has 1 unspecified atom stereocenters. The van der Waals surface area contributed by atoms with Crippen LogP contribution in [0.15, 0.2) is 42.5 Å². The summed E-state index contributed by atoms with van der Waals surface area (Å²) in [5.41, 5.74) is 4.06. The van der Waals surface area contributed by atoms with E-state index in [-0.39, 0.29) is 0 Å². The minimum absolute atomic E-state index is 0.651. The molecule has 19 heavy (non-hydrogen) atoms. The highest BCUT2D eigenvalue weighted by Gasteiger charge is 2.15. The molecule has 0 fully saturated rings. The summed E-state index contributed by atoms with van der Waals surface area (Å²) >= 11 is 0. The van der Waals surface area contributed by atoms with Crippen molar-refractivity contribution in [2.75, 3.05) is 7.11 Å². The second-order valence-electron chi connectivity index (χ2n) is 4.75. The number of benzene rings is 2. The van der Waals surface area contributed by atoms with E-state index in [0.717, 1.165) is 28.9 Å². The van der Waals surface area contributed by atoms with Crippen LogP contribution >= 0.6 is 0 Å². The maximum Gasteiger partial charge on any atom is 0.125 e. The van der Waals surface area contributed by atoms with Gasteiger partial charge in [0, 0.05) is 5.56 Å². The summed E-state index contributed by atoms with van der Waals surface area (Å²) in [5.74, 6) is 0.731. The molecule has 0 radical (unpaired) electrons. The fourth-order valence-electron chi connectivity index (χ4n) is 2.21. The largest absolute Gasteiger partial charge is 0.496 e. The van der Waals surface area contributed by atoms with Crippen molar-refractivity contribution >= 4 is 0 Å². The molecule has 0 aliphatic rings. The number of aliphatic hydroxyl groups excluding tert-OH is 1. The van der Waals surface area contributed by atoms with Crippen LogP contribution < -0.4 is 4.74 Å². The molecule has 0 aliphatic carbocycles. The zero-order chi connectivity index (χ0) is 13.8. The highest BCUT2D eigenvalue weighted by Crippen LogP contribution is 2.31. The molecule has 100 valence electrons. The molecule has 2 heteroatoms. The van der Waals surface area contributed by atoms with E-state index in [1.54, 1.807) is 7.11 Å². The lowest BCUT2D eigenvalue weighted by molar-refractivity contribution is 0.214. The summed E-state index contributed by atoms with van der Waals surface area (Å²) in [4.78, 5) is 0. The number of methoxy groups -OCH3 is 1. The van der Waals surface area contributed by atoms with Gasteiger partial charge in [0.15, 0.2) is 0 Å². The molecule has 2 rings (SSSR count). The zero-order valence-electron chi connectivity index (χ0n) is 11.7. The molecule has 2 aromatic rings. The summed E-state index contributed by atoms with van der Waals surface area (Å²) in [6.07, 6.45) is 0.313. The molecule has 0 heterocycles. The lowest BCUT2D eigenvalue weighted by Gasteiger charge is -2.16. The van der Waals surface area contributed by atoms with Crippen LogP contribution in [0.2, 0.25) is 0 Å². The molecule has 1 N–H and O–H groups in total. The fourth-order valence-corrected chi connectivity index (χ4v) is 2.21. The van der Waals surface area contributed by atoms with Crippen LogP contribution in [0.1, 0.15) is 35.3 Å². The van der Waals surface area contributed by atoms with Crippen molar-refractivity contribution in [3.8, 4) is 5.75 Å². The van der Waals surface area contributed by atoms with E-state index in [9.17, 15) is 5.11 Å². The molecule has 1 atom stereocenters. The van der Waals surface area contributed by atoms with Gasteiger partial charge in [-0.1, -0.05) is 43.3 Å². The third kappa shape index (κ3) is 2.96.